The van der Waals surface area contributed by atoms with Crippen molar-refractivity contribution in [2.75, 3.05) is 26.9 Å². The highest BCUT2D eigenvalue weighted by Gasteiger charge is 2.32. The molecule has 1 aliphatic rings. The Balaban J connectivity index is 1.40. The minimum atomic E-state index is -1.23. The lowest BCUT2D eigenvalue weighted by Crippen LogP contribution is -2.45. The van der Waals surface area contributed by atoms with E-state index >= 15 is 0 Å². The van der Waals surface area contributed by atoms with Crippen LogP contribution in [0.1, 0.15) is 43.5 Å². The Kier molecular flexibility index (Phi) is 12.6. The van der Waals surface area contributed by atoms with E-state index in [0.717, 1.165) is 0 Å². The number of urea groups is 1. The van der Waals surface area contributed by atoms with Crippen molar-refractivity contribution < 1.29 is 43.3 Å². The molecular formula is C33H36ClN5O10. The highest BCUT2D eigenvalue weighted by molar-refractivity contribution is 6.32. The van der Waals surface area contributed by atoms with Gasteiger partial charge in [-0.1, -0.05) is 29.8 Å². The Bertz CT molecular complexity index is 1750. The van der Waals surface area contributed by atoms with Gasteiger partial charge >= 0.3 is 12.0 Å². The van der Waals surface area contributed by atoms with Gasteiger partial charge in [-0.15, -0.1) is 0 Å². The van der Waals surface area contributed by atoms with Crippen molar-refractivity contribution in [3.63, 3.8) is 0 Å². The molecule has 0 spiro atoms. The van der Waals surface area contributed by atoms with E-state index in [9.17, 15) is 24.8 Å². The lowest BCUT2D eigenvalue weighted by molar-refractivity contribution is -0.384. The molecule has 0 saturated carbocycles. The second kappa shape index (κ2) is 17.0. The quantitative estimate of drug-likeness (QED) is 0.0531. The molecular weight excluding hydrogens is 662 g/mol. The van der Waals surface area contributed by atoms with Gasteiger partial charge in [0.05, 0.1) is 48.1 Å². The van der Waals surface area contributed by atoms with Gasteiger partial charge in [-0.25, -0.2) is 9.59 Å². The number of hydrogen-bond donors (Lipinski definition) is 4. The number of methoxy groups -OCH3 is 1. The molecule has 2 atom stereocenters. The predicted molar refractivity (Wildman–Crippen MR) is 179 cm³/mol. The van der Waals surface area contributed by atoms with Gasteiger partial charge in [0.1, 0.15) is 13.2 Å². The Morgan fingerprint density at radius 3 is 2.55 bits per heavy atom. The van der Waals surface area contributed by atoms with Crippen LogP contribution in [-0.2, 0) is 16.1 Å². The number of halogens is 1. The van der Waals surface area contributed by atoms with E-state index in [2.05, 4.69) is 21.2 Å². The van der Waals surface area contributed by atoms with E-state index in [1.807, 2.05) is 0 Å². The van der Waals surface area contributed by atoms with Crippen LogP contribution in [0.25, 0.3) is 0 Å². The average molecular weight is 698 g/mol. The molecule has 0 aliphatic carbocycles. The number of carbonyl (C=O) groups excluding carboxylic acids is 2. The zero-order chi connectivity index (χ0) is 35.5. The number of carbonyl (C=O) groups is 2. The molecule has 3 aromatic carbocycles. The zero-order valence-corrected chi connectivity index (χ0v) is 27.9. The average Bonchev–Trinajstić information content (AvgIpc) is 3.07. The number of esters is 1. The number of nitrogens with one attached hydrogen (secondary N) is 3. The number of hydrazone groups is 1. The molecule has 2 amide bonds. The minimum Gasteiger partial charge on any atom is -0.490 e. The predicted octanol–water partition coefficient (Wildman–Crippen LogP) is 4.75. The number of ether oxygens (including phenoxy) is 5. The number of benzene rings is 3. The Morgan fingerprint density at radius 1 is 1.08 bits per heavy atom. The zero-order valence-electron chi connectivity index (χ0n) is 27.2. The monoisotopic (exact) mass is 697 g/mol. The van der Waals surface area contributed by atoms with Gasteiger partial charge in [0.2, 0.25) is 0 Å². The van der Waals surface area contributed by atoms with Crippen LogP contribution in [0.15, 0.2) is 71.0 Å². The van der Waals surface area contributed by atoms with Crippen molar-refractivity contribution in [1.82, 2.24) is 16.1 Å². The summed E-state index contributed by atoms with van der Waals surface area (Å²) >= 11 is 6.50. The Morgan fingerprint density at radius 2 is 1.84 bits per heavy atom. The van der Waals surface area contributed by atoms with Crippen LogP contribution in [0, 0.1) is 10.1 Å². The number of nitrogens with zero attached hydrogens (tertiary/aromatic N) is 2. The topological polar surface area (TPSA) is 192 Å². The highest BCUT2D eigenvalue weighted by atomic mass is 35.5. The van der Waals surface area contributed by atoms with E-state index in [4.69, 9.17) is 35.3 Å². The molecule has 260 valence electrons. The summed E-state index contributed by atoms with van der Waals surface area (Å²) < 4.78 is 28.0. The normalized spacial score (nSPS) is 14.8. The van der Waals surface area contributed by atoms with Gasteiger partial charge in [-0.2, -0.15) is 5.10 Å². The standard InChI is InChI=1S/C33H36ClN5O10/c1-5-46-26-15-22(30-29(32(41)45-4)19(3)36-33(42)37-30)10-11-25(26)48-18-28(40)38-35-16-21-13-24(34)31(27(14-21)47-6-2)49-17-20-8-7-9-23(12-20)39(43)44/h7-16,28,30,38,40H,5-6,17-18H2,1-4H3,(H2,36,37,42)/b35-16-/t28-,30+/m1/s1. The van der Waals surface area contributed by atoms with Crippen LogP contribution < -0.4 is 35.0 Å². The maximum Gasteiger partial charge on any atom is 0.337 e. The van der Waals surface area contributed by atoms with Crippen LogP contribution in [0.2, 0.25) is 5.02 Å². The van der Waals surface area contributed by atoms with Crippen LogP contribution in [0.3, 0.4) is 0 Å². The van der Waals surface area contributed by atoms with Crippen LogP contribution in [0.5, 0.6) is 23.0 Å². The Hall–Kier alpha value is -5.54. The number of aliphatic hydroxyl groups excluding tert-OH is 1. The van der Waals surface area contributed by atoms with Crippen LogP contribution in [-0.4, -0.2) is 61.4 Å². The Labute approximate surface area is 286 Å². The molecule has 1 aliphatic heterocycles. The molecule has 15 nitrogen and oxygen atoms in total. The molecule has 0 aromatic heterocycles. The van der Waals surface area contributed by atoms with Gasteiger partial charge in [0, 0.05) is 17.8 Å². The maximum atomic E-state index is 12.5. The number of allylic oxidation sites excluding steroid dienone is 1. The van der Waals surface area contributed by atoms with Crippen molar-refractivity contribution in [2.24, 2.45) is 5.10 Å². The van der Waals surface area contributed by atoms with Gasteiger partial charge in [-0.05, 0) is 61.7 Å². The minimum absolute atomic E-state index is 0.0241. The molecule has 49 heavy (non-hydrogen) atoms. The number of rotatable bonds is 16. The number of hydrogen-bond acceptors (Lipinski definition) is 12. The van der Waals surface area contributed by atoms with Gasteiger partial charge in [0.25, 0.3) is 5.69 Å². The molecule has 0 unspecified atom stereocenters. The molecule has 0 saturated heterocycles. The van der Waals surface area contributed by atoms with Crippen molar-refractivity contribution in [2.45, 2.75) is 39.6 Å². The molecule has 16 heteroatoms. The van der Waals surface area contributed by atoms with Crippen molar-refractivity contribution in [3.8, 4) is 23.0 Å². The fourth-order valence-corrected chi connectivity index (χ4v) is 5.07. The smallest absolute Gasteiger partial charge is 0.337 e. The first-order valence-corrected chi connectivity index (χ1v) is 15.5. The summed E-state index contributed by atoms with van der Waals surface area (Å²) in [5, 5.41) is 31.2. The summed E-state index contributed by atoms with van der Waals surface area (Å²) in [6.45, 7) is 5.61. The number of amides is 2. The summed E-state index contributed by atoms with van der Waals surface area (Å²) in [6, 6.07) is 13.0. The number of non-ortho nitro benzene ring substituents is 1. The maximum absolute atomic E-state index is 12.5. The summed E-state index contributed by atoms with van der Waals surface area (Å²) in [4.78, 5) is 35.3. The first-order valence-electron chi connectivity index (χ1n) is 15.1. The van der Waals surface area contributed by atoms with Gasteiger partial charge in [-0.3, -0.25) is 15.5 Å². The molecule has 0 bridgehead atoms. The van der Waals surface area contributed by atoms with E-state index < -0.39 is 29.2 Å². The van der Waals surface area contributed by atoms with Gasteiger partial charge < -0.3 is 39.4 Å². The van der Waals surface area contributed by atoms with E-state index in [0.29, 0.717) is 52.8 Å². The summed E-state index contributed by atoms with van der Waals surface area (Å²) in [7, 11) is 1.26. The van der Waals surface area contributed by atoms with E-state index in [1.165, 1.54) is 25.5 Å². The number of nitro benzene ring substituents is 1. The third-order valence-electron chi connectivity index (χ3n) is 6.95. The lowest BCUT2D eigenvalue weighted by Gasteiger charge is -2.28. The van der Waals surface area contributed by atoms with Crippen molar-refractivity contribution >= 4 is 35.5 Å². The summed E-state index contributed by atoms with van der Waals surface area (Å²) in [5.41, 5.74) is 4.80. The molecule has 0 fully saturated rings. The van der Waals surface area contributed by atoms with E-state index in [1.54, 1.807) is 63.2 Å². The second-order valence-electron chi connectivity index (χ2n) is 10.4. The van der Waals surface area contributed by atoms with Crippen molar-refractivity contribution in [1.29, 1.82) is 0 Å². The first kappa shape index (κ1) is 36.3. The summed E-state index contributed by atoms with van der Waals surface area (Å²) in [6.07, 6.45) is 0.189. The summed E-state index contributed by atoms with van der Waals surface area (Å²) in [5.74, 6) is 0.647. The SMILES string of the molecule is CCOc1cc([C@@H]2NC(=O)NC(C)=C2C(=O)OC)ccc1OC[C@@H](O)N/N=C\c1cc(Cl)c(OCc2cccc([N+](=O)[O-])c2)c(OCC)c1. The third kappa shape index (κ3) is 9.52. The van der Waals surface area contributed by atoms with E-state index in [-0.39, 0.29) is 35.2 Å². The first-order chi connectivity index (χ1) is 23.5. The van der Waals surface area contributed by atoms with Gasteiger partial charge in [0.15, 0.2) is 29.2 Å². The highest BCUT2D eigenvalue weighted by Crippen LogP contribution is 2.37. The fourth-order valence-electron chi connectivity index (χ4n) is 4.80. The van der Waals surface area contributed by atoms with Crippen molar-refractivity contribution in [3.05, 3.63) is 97.7 Å². The third-order valence-corrected chi connectivity index (χ3v) is 7.23. The molecule has 4 N–H and O–H groups in total. The molecule has 3 aromatic rings. The molecule has 0 radical (unpaired) electrons. The fraction of sp³-hybridized carbons (Fsp3) is 0.303. The molecule has 1 heterocycles. The second-order valence-corrected chi connectivity index (χ2v) is 10.8. The number of aliphatic hydroxyl groups is 1. The van der Waals surface area contributed by atoms with Crippen LogP contribution >= 0.6 is 11.6 Å². The lowest BCUT2D eigenvalue weighted by atomic mass is 9.95. The number of nitro groups is 1. The largest absolute Gasteiger partial charge is 0.490 e. The van der Waals surface area contributed by atoms with Crippen LogP contribution in [0.4, 0.5) is 10.5 Å². The molecule has 4 rings (SSSR count).